The maximum absolute atomic E-state index is 13.3. The third-order valence-electron chi connectivity index (χ3n) is 5.07. The predicted octanol–water partition coefficient (Wildman–Crippen LogP) is 4.96. The summed E-state index contributed by atoms with van der Waals surface area (Å²) in [5, 5.41) is 14.7. The molecular formula is C24H23FN4O. The molecule has 1 heterocycles. The number of aromatic nitrogens is 2. The number of hydrogen-bond donors (Lipinski definition) is 3. The van der Waals surface area contributed by atoms with Gasteiger partial charge in [-0.25, -0.2) is 14.4 Å². The number of fused-ring (bicyclic) bond motifs is 1. The van der Waals surface area contributed by atoms with Crippen LogP contribution in [-0.2, 0) is 0 Å². The standard InChI is InChI=1S/C24H23FN4O/c1-2-18(26)14-27-23-19-5-3-4-6-21(19)28-24(29-23)20-13-16(9-12-22(20)30)15-7-10-17(25)11-8-15/h3-13,18,30H,2,14,26H2,1H3,(H,27,28,29)/t18-/m1/s1. The van der Waals surface area contributed by atoms with E-state index in [2.05, 4.69) is 15.3 Å². The van der Waals surface area contributed by atoms with Crippen molar-refractivity contribution in [1.82, 2.24) is 9.97 Å². The minimum atomic E-state index is -0.295. The zero-order valence-electron chi connectivity index (χ0n) is 16.6. The first-order valence-corrected chi connectivity index (χ1v) is 9.90. The van der Waals surface area contributed by atoms with E-state index in [1.54, 1.807) is 24.3 Å². The first-order chi connectivity index (χ1) is 14.5. The monoisotopic (exact) mass is 402 g/mol. The Bertz CT molecular complexity index is 1180. The van der Waals surface area contributed by atoms with Gasteiger partial charge in [0.05, 0.1) is 11.1 Å². The summed E-state index contributed by atoms with van der Waals surface area (Å²) >= 11 is 0. The first kappa shape index (κ1) is 19.8. The Labute approximate surface area is 174 Å². The number of nitrogens with zero attached hydrogens (tertiary/aromatic N) is 2. The molecule has 0 spiro atoms. The summed E-state index contributed by atoms with van der Waals surface area (Å²) in [5.41, 5.74) is 9.00. The summed E-state index contributed by atoms with van der Waals surface area (Å²) in [6, 6.07) is 19.1. The Balaban J connectivity index is 1.80. The highest BCUT2D eigenvalue weighted by Crippen LogP contribution is 2.34. The number of phenols is 1. The van der Waals surface area contributed by atoms with Crippen molar-refractivity contribution in [3.8, 4) is 28.3 Å². The molecule has 6 heteroatoms. The lowest BCUT2D eigenvalue weighted by atomic mass is 10.0. The Kier molecular flexibility index (Phi) is 5.59. The maximum atomic E-state index is 13.3. The SMILES string of the molecule is CC[C@@H](N)CNc1nc(-c2cc(-c3ccc(F)cc3)ccc2O)nc2ccccc12. The molecule has 1 atom stereocenters. The summed E-state index contributed by atoms with van der Waals surface area (Å²) in [7, 11) is 0. The summed E-state index contributed by atoms with van der Waals surface area (Å²) in [6.07, 6.45) is 0.851. The van der Waals surface area contributed by atoms with Gasteiger partial charge in [-0.2, -0.15) is 0 Å². The lowest BCUT2D eigenvalue weighted by Crippen LogP contribution is -2.28. The molecule has 1 aromatic heterocycles. The van der Waals surface area contributed by atoms with E-state index in [0.29, 0.717) is 23.8 Å². The van der Waals surface area contributed by atoms with Gasteiger partial charge in [0.25, 0.3) is 0 Å². The van der Waals surface area contributed by atoms with Gasteiger partial charge in [-0.15, -0.1) is 0 Å². The van der Waals surface area contributed by atoms with Crippen LogP contribution in [-0.4, -0.2) is 27.7 Å². The van der Waals surface area contributed by atoms with E-state index >= 15 is 0 Å². The van der Waals surface area contributed by atoms with Crippen molar-refractivity contribution in [1.29, 1.82) is 0 Å². The smallest absolute Gasteiger partial charge is 0.165 e. The molecule has 0 unspecified atom stereocenters. The molecule has 0 radical (unpaired) electrons. The molecule has 0 saturated carbocycles. The number of anilines is 1. The van der Waals surface area contributed by atoms with E-state index in [0.717, 1.165) is 28.5 Å². The molecule has 3 aromatic carbocycles. The van der Waals surface area contributed by atoms with E-state index < -0.39 is 0 Å². The molecule has 0 aliphatic carbocycles. The van der Waals surface area contributed by atoms with Crippen LogP contribution in [0.5, 0.6) is 5.75 Å². The van der Waals surface area contributed by atoms with Gasteiger partial charge in [0.15, 0.2) is 5.82 Å². The highest BCUT2D eigenvalue weighted by atomic mass is 19.1. The van der Waals surface area contributed by atoms with Crippen molar-refractivity contribution in [3.05, 3.63) is 72.5 Å². The molecule has 0 fully saturated rings. The quantitative estimate of drug-likeness (QED) is 0.425. The number of para-hydroxylation sites is 1. The second-order valence-corrected chi connectivity index (χ2v) is 7.20. The van der Waals surface area contributed by atoms with Gasteiger partial charge < -0.3 is 16.2 Å². The zero-order valence-corrected chi connectivity index (χ0v) is 16.6. The highest BCUT2D eigenvalue weighted by molar-refractivity contribution is 5.91. The Morgan fingerprint density at radius 1 is 1.00 bits per heavy atom. The van der Waals surface area contributed by atoms with Crippen molar-refractivity contribution in [3.63, 3.8) is 0 Å². The molecule has 0 amide bonds. The van der Waals surface area contributed by atoms with Crippen LogP contribution in [0.1, 0.15) is 13.3 Å². The fourth-order valence-electron chi connectivity index (χ4n) is 3.24. The second kappa shape index (κ2) is 8.47. The van der Waals surface area contributed by atoms with Gasteiger partial charge in [-0.05, 0) is 53.9 Å². The maximum Gasteiger partial charge on any atom is 0.165 e. The van der Waals surface area contributed by atoms with Gasteiger partial charge in [-0.1, -0.05) is 37.3 Å². The van der Waals surface area contributed by atoms with Crippen LogP contribution in [0.4, 0.5) is 10.2 Å². The van der Waals surface area contributed by atoms with Gasteiger partial charge in [0.2, 0.25) is 0 Å². The molecule has 30 heavy (non-hydrogen) atoms. The van der Waals surface area contributed by atoms with E-state index in [-0.39, 0.29) is 17.6 Å². The van der Waals surface area contributed by atoms with Crippen LogP contribution in [0.15, 0.2) is 66.7 Å². The third-order valence-corrected chi connectivity index (χ3v) is 5.07. The lowest BCUT2D eigenvalue weighted by Gasteiger charge is -2.14. The first-order valence-electron chi connectivity index (χ1n) is 9.90. The van der Waals surface area contributed by atoms with Crippen LogP contribution in [0.3, 0.4) is 0 Å². The molecule has 4 aromatic rings. The number of nitrogens with two attached hydrogens (primary N) is 1. The van der Waals surface area contributed by atoms with Crippen LogP contribution < -0.4 is 11.1 Å². The van der Waals surface area contributed by atoms with E-state index in [1.165, 1.54) is 12.1 Å². The summed E-state index contributed by atoms with van der Waals surface area (Å²) < 4.78 is 13.3. The molecular weight excluding hydrogens is 379 g/mol. The van der Waals surface area contributed by atoms with E-state index in [1.807, 2.05) is 37.3 Å². The molecule has 0 bridgehead atoms. The minimum Gasteiger partial charge on any atom is -0.507 e. The van der Waals surface area contributed by atoms with Gasteiger partial charge in [0, 0.05) is 18.0 Å². The number of halogens is 1. The van der Waals surface area contributed by atoms with Crippen molar-refractivity contribution in [2.24, 2.45) is 5.73 Å². The van der Waals surface area contributed by atoms with Crippen LogP contribution >= 0.6 is 0 Å². The van der Waals surface area contributed by atoms with Crippen molar-refractivity contribution < 1.29 is 9.50 Å². The van der Waals surface area contributed by atoms with Crippen molar-refractivity contribution in [2.45, 2.75) is 19.4 Å². The van der Waals surface area contributed by atoms with Gasteiger partial charge in [0.1, 0.15) is 17.4 Å². The lowest BCUT2D eigenvalue weighted by molar-refractivity contribution is 0.477. The Morgan fingerprint density at radius 2 is 1.73 bits per heavy atom. The molecule has 4 N–H and O–H groups in total. The zero-order chi connectivity index (χ0) is 21.1. The summed E-state index contributed by atoms with van der Waals surface area (Å²) in [5.74, 6) is 0.859. The fourth-order valence-corrected chi connectivity index (χ4v) is 3.24. The molecule has 152 valence electrons. The normalized spacial score (nSPS) is 12.1. The number of nitrogens with one attached hydrogen (secondary N) is 1. The van der Waals surface area contributed by atoms with Crippen molar-refractivity contribution >= 4 is 16.7 Å². The molecule has 0 saturated heterocycles. The number of rotatable bonds is 6. The van der Waals surface area contributed by atoms with E-state index in [4.69, 9.17) is 5.73 Å². The topological polar surface area (TPSA) is 84.1 Å². The number of phenolic OH excluding ortho intramolecular Hbond substituents is 1. The Hall–Kier alpha value is -3.51. The average molecular weight is 402 g/mol. The van der Waals surface area contributed by atoms with Crippen LogP contribution in [0, 0.1) is 5.82 Å². The highest BCUT2D eigenvalue weighted by Gasteiger charge is 2.14. The molecule has 0 aliphatic heterocycles. The fraction of sp³-hybridized carbons (Fsp3) is 0.167. The minimum absolute atomic E-state index is 0.0115. The number of benzene rings is 3. The van der Waals surface area contributed by atoms with Gasteiger partial charge >= 0.3 is 0 Å². The van der Waals surface area contributed by atoms with Crippen LogP contribution in [0.25, 0.3) is 33.4 Å². The largest absolute Gasteiger partial charge is 0.507 e. The predicted molar refractivity (Wildman–Crippen MR) is 119 cm³/mol. The molecule has 4 rings (SSSR count). The van der Waals surface area contributed by atoms with Crippen LogP contribution in [0.2, 0.25) is 0 Å². The average Bonchev–Trinajstić information content (AvgIpc) is 2.78. The van der Waals surface area contributed by atoms with E-state index in [9.17, 15) is 9.50 Å². The number of hydrogen-bond acceptors (Lipinski definition) is 5. The summed E-state index contributed by atoms with van der Waals surface area (Å²) in [6.45, 7) is 2.62. The summed E-state index contributed by atoms with van der Waals surface area (Å²) in [4.78, 5) is 9.35. The Morgan fingerprint density at radius 3 is 2.50 bits per heavy atom. The van der Waals surface area contributed by atoms with Gasteiger partial charge in [-0.3, -0.25) is 0 Å². The molecule has 0 aliphatic rings. The number of aromatic hydroxyl groups is 1. The van der Waals surface area contributed by atoms with Crippen molar-refractivity contribution in [2.75, 3.05) is 11.9 Å². The third kappa shape index (κ3) is 4.09. The molecule has 5 nitrogen and oxygen atoms in total. The second-order valence-electron chi connectivity index (χ2n) is 7.20.